The van der Waals surface area contributed by atoms with Crippen LogP contribution in [-0.4, -0.2) is 131 Å². The Morgan fingerprint density at radius 3 is 1.10 bits per heavy atom. The lowest BCUT2D eigenvalue weighted by Gasteiger charge is -2.32. The molecule has 107 heavy (non-hydrogen) atoms. The quantitative estimate of drug-likeness (QED) is 0.0918. The van der Waals surface area contributed by atoms with Gasteiger partial charge in [-0.3, -0.25) is 43.5 Å². The van der Waals surface area contributed by atoms with E-state index in [9.17, 15) is 48.6 Å². The first-order valence-corrected chi connectivity index (χ1v) is 35.5. The van der Waals surface area contributed by atoms with Crippen molar-refractivity contribution in [3.63, 3.8) is 0 Å². The van der Waals surface area contributed by atoms with Gasteiger partial charge in [0.15, 0.2) is 11.6 Å². The number of halogens is 2. The molecule has 1 saturated heterocycles. The Kier molecular flexibility index (Phi) is 22.6. The Morgan fingerprint density at radius 2 is 0.729 bits per heavy atom. The van der Waals surface area contributed by atoms with Crippen LogP contribution in [0, 0.1) is 0 Å². The molecule has 0 bridgehead atoms. The van der Waals surface area contributed by atoms with Crippen LogP contribution in [0.5, 0.6) is 0 Å². The number of nitrogens with zero attached hydrogens (tertiary/aromatic N) is 12. The van der Waals surface area contributed by atoms with Crippen LogP contribution in [0.4, 0.5) is 14.4 Å². The summed E-state index contributed by atoms with van der Waals surface area (Å²) < 4.78 is 40.5. The molecule has 0 atom stereocenters. The van der Waals surface area contributed by atoms with Crippen molar-refractivity contribution in [2.45, 2.75) is 157 Å². The van der Waals surface area contributed by atoms with Crippen LogP contribution >= 0.6 is 31.9 Å². The summed E-state index contributed by atoms with van der Waals surface area (Å²) in [5.74, 6) is 0.683. The summed E-state index contributed by atoms with van der Waals surface area (Å²) in [5.41, 5.74) is 0.993. The smallest absolute Gasteiger partial charge is 0.442 e. The second kappa shape index (κ2) is 29.9. The monoisotopic (exact) mass is 1590 g/mol. The number of aliphatic hydroxyl groups is 2. The van der Waals surface area contributed by atoms with Crippen LogP contribution in [0.15, 0.2) is 149 Å². The van der Waals surface area contributed by atoms with E-state index in [4.69, 9.17) is 23.5 Å². The van der Waals surface area contributed by atoms with Crippen molar-refractivity contribution in [3.05, 3.63) is 188 Å². The van der Waals surface area contributed by atoms with E-state index in [0.717, 1.165) is 47.5 Å². The SMILES string of the molecule is Cn1[nH]c2cc(-c3cnc(C(C)(C)O)nc3)ccc2c1=O.Cn1[nH]c2cc(Br)ccc2c1=O.Cn1c(=O)c2ccc(-c3cnc(C(C)(C)O)nc3)cc2n1C(=O)OC(C)(C)C.Cn1c(=O)c2ccc(B3OC(C)(C)C(C)(C)O3)cc2n1C(=O)OC(C)(C)C.Cn1c(=O)c2ccc(Br)cc2n1C(=O)OC(C)(C)C. The highest BCUT2D eigenvalue weighted by Crippen LogP contribution is 2.37. The number of H-pyrrole nitrogens is 2. The summed E-state index contributed by atoms with van der Waals surface area (Å²) in [6, 6.07) is 26.7. The standard InChI is InChI=1S/C20H24N4O4.C19H27BN2O5.C15H16N4O2.C13H15BrN2O3.C8H7BrN2O/c1-19(2,3)28-18(26)24-15-9-12(7-8-14(15)16(25)23(24)6)13-10-21-17(22-11-13)20(4,5)27;1-17(2,3)25-16(24)22-14-11-12(9-10-13(14)15(23)21(22)8)20-26-18(4,5)19(6,7)27-20;1-15(2,21)14-16-7-10(8-17-14)9-4-5-11-12(6-9)18-19(3)13(11)20;1-13(2,3)19-12(18)16-10-7-8(14)5-6-9(10)11(17)15(16)4;1-11-8(12)6-3-2-5(9)4-7(6)10-11/h7-11,27H,1-6H3;9-11H,1-8H3;4-8,18,21H,1-3H3;5-7H,1-4H3;2-4,10H,1H3. The Bertz CT molecular complexity index is 5700. The molecule has 0 amide bonds. The minimum atomic E-state index is -1.14. The van der Waals surface area contributed by atoms with Crippen LogP contribution in [0.2, 0.25) is 0 Å². The second-order valence-corrected chi connectivity index (χ2v) is 32.6. The molecule has 0 saturated carbocycles. The number of fused-ring (bicyclic) bond motifs is 5. The van der Waals surface area contributed by atoms with Crippen molar-refractivity contribution in [1.29, 1.82) is 0 Å². The molecule has 5 aromatic carbocycles. The van der Waals surface area contributed by atoms with Gasteiger partial charge in [0, 0.05) is 80.1 Å². The number of aryl methyl sites for hydroxylation is 2. The van der Waals surface area contributed by atoms with Crippen LogP contribution in [0.3, 0.4) is 0 Å². The van der Waals surface area contributed by atoms with E-state index in [1.54, 1.807) is 210 Å². The third kappa shape index (κ3) is 18.0. The molecule has 7 aromatic heterocycles. The van der Waals surface area contributed by atoms with Gasteiger partial charge in [-0.1, -0.05) is 50.1 Å². The molecule has 4 N–H and O–H groups in total. The zero-order valence-corrected chi connectivity index (χ0v) is 67.0. The van der Waals surface area contributed by atoms with Crippen molar-refractivity contribution in [2.75, 3.05) is 0 Å². The lowest BCUT2D eigenvalue weighted by Crippen LogP contribution is -2.41. The lowest BCUT2D eigenvalue weighted by molar-refractivity contribution is 0.00578. The summed E-state index contributed by atoms with van der Waals surface area (Å²) in [7, 11) is 7.41. The maximum atomic E-state index is 12.7. The molecule has 8 heterocycles. The van der Waals surface area contributed by atoms with E-state index in [2.05, 4.69) is 62.0 Å². The highest BCUT2D eigenvalue weighted by Gasteiger charge is 2.52. The number of carbonyl (C=O) groups is 3. The molecule has 0 spiro atoms. The summed E-state index contributed by atoms with van der Waals surface area (Å²) in [5, 5.41) is 28.5. The minimum Gasteiger partial charge on any atom is -0.442 e. The second-order valence-electron chi connectivity index (χ2n) is 30.7. The molecule has 1 fully saturated rings. The number of hydrogen-bond acceptors (Lipinski definition) is 19. The van der Waals surface area contributed by atoms with Gasteiger partial charge >= 0.3 is 25.4 Å². The Morgan fingerprint density at radius 1 is 0.421 bits per heavy atom. The molecule has 0 aliphatic carbocycles. The number of nitrogens with one attached hydrogen (secondary N) is 2. The van der Waals surface area contributed by atoms with E-state index < -0.39 is 64.6 Å². The molecular formula is C75H89BBr2N14O15. The average molecular weight is 1600 g/mol. The number of rotatable bonds is 5. The first-order chi connectivity index (χ1) is 49.4. The molecule has 13 rings (SSSR count). The normalized spacial score (nSPS) is 13.7. The Balaban J connectivity index is 0.000000158. The molecule has 0 radical (unpaired) electrons. The van der Waals surface area contributed by atoms with Crippen LogP contribution < -0.4 is 33.3 Å². The highest BCUT2D eigenvalue weighted by molar-refractivity contribution is 9.10. The third-order valence-corrected chi connectivity index (χ3v) is 18.1. The summed E-state index contributed by atoms with van der Waals surface area (Å²) in [6.07, 6.45) is 4.72. The van der Waals surface area contributed by atoms with Gasteiger partial charge in [0.1, 0.15) is 28.0 Å². The van der Waals surface area contributed by atoms with Gasteiger partial charge in [-0.25, -0.2) is 48.4 Å². The molecule has 566 valence electrons. The van der Waals surface area contributed by atoms with E-state index >= 15 is 0 Å². The van der Waals surface area contributed by atoms with Crippen molar-refractivity contribution in [1.82, 2.24) is 67.6 Å². The lowest BCUT2D eigenvalue weighted by atomic mass is 9.79. The van der Waals surface area contributed by atoms with Crippen LogP contribution in [0.25, 0.3) is 76.8 Å². The molecule has 12 aromatic rings. The molecular weight excluding hydrogens is 1510 g/mol. The number of ether oxygens (including phenoxy) is 3. The fraction of sp³-hybridized carbons (Fsp3) is 0.387. The van der Waals surface area contributed by atoms with E-state index in [1.165, 1.54) is 44.5 Å². The van der Waals surface area contributed by atoms with Crippen molar-refractivity contribution < 1.29 is 48.1 Å². The molecule has 0 unspecified atom stereocenters. The third-order valence-electron chi connectivity index (χ3n) is 17.1. The van der Waals surface area contributed by atoms with Crippen LogP contribution in [-0.2, 0) is 70.0 Å². The van der Waals surface area contributed by atoms with Crippen molar-refractivity contribution >= 4 is 117 Å². The molecule has 1 aliphatic rings. The van der Waals surface area contributed by atoms with Gasteiger partial charge in [-0.2, -0.15) is 14.0 Å². The van der Waals surface area contributed by atoms with E-state index in [1.807, 2.05) is 52.0 Å². The first kappa shape index (κ1) is 81.0. The van der Waals surface area contributed by atoms with Crippen molar-refractivity contribution in [3.8, 4) is 22.3 Å². The summed E-state index contributed by atoms with van der Waals surface area (Å²) in [4.78, 5) is 115. The number of benzene rings is 5. The first-order valence-electron chi connectivity index (χ1n) is 33.9. The minimum absolute atomic E-state index is 0.0116. The zero-order valence-electron chi connectivity index (χ0n) is 63.9. The fourth-order valence-corrected chi connectivity index (χ4v) is 11.7. The maximum absolute atomic E-state index is 12.7. The van der Waals surface area contributed by atoms with Gasteiger partial charge in [0.05, 0.1) is 65.7 Å². The Hall–Kier alpha value is -10.1. The average Bonchev–Trinajstić information content (AvgIpc) is 1.43. The van der Waals surface area contributed by atoms with Gasteiger partial charge < -0.3 is 33.7 Å². The molecule has 29 nitrogen and oxygen atoms in total. The van der Waals surface area contributed by atoms with Gasteiger partial charge in [-0.05, 0) is 207 Å². The van der Waals surface area contributed by atoms with Gasteiger partial charge in [0.2, 0.25) is 0 Å². The van der Waals surface area contributed by atoms with Crippen molar-refractivity contribution in [2.24, 2.45) is 35.2 Å². The molecule has 1 aliphatic heterocycles. The van der Waals surface area contributed by atoms with Crippen LogP contribution in [0.1, 0.15) is 129 Å². The number of aromatic amines is 2. The maximum Gasteiger partial charge on any atom is 0.494 e. The predicted molar refractivity (Wildman–Crippen MR) is 417 cm³/mol. The number of carbonyl (C=O) groups excluding carboxylic acids is 3. The molecule has 32 heteroatoms. The topological polar surface area (TPSA) is 346 Å². The van der Waals surface area contributed by atoms with Gasteiger partial charge in [0.25, 0.3) is 27.8 Å². The number of aromatic nitrogens is 14. The van der Waals surface area contributed by atoms with E-state index in [0.29, 0.717) is 55.3 Å². The largest absolute Gasteiger partial charge is 0.494 e. The fourth-order valence-electron chi connectivity index (χ4n) is 11.0. The van der Waals surface area contributed by atoms with Gasteiger partial charge in [-0.15, -0.1) is 0 Å². The van der Waals surface area contributed by atoms with E-state index in [-0.39, 0.29) is 27.8 Å². The predicted octanol–water partition coefficient (Wildman–Crippen LogP) is 11.3. The highest BCUT2D eigenvalue weighted by atomic mass is 79.9. The summed E-state index contributed by atoms with van der Waals surface area (Å²) in [6.45, 7) is 30.4. The zero-order chi connectivity index (χ0) is 79.5. The number of hydrogen-bond donors (Lipinski definition) is 4. The Labute approximate surface area is 631 Å². The summed E-state index contributed by atoms with van der Waals surface area (Å²) >= 11 is 6.67.